The van der Waals surface area contributed by atoms with Gasteiger partial charge in [-0.3, -0.25) is 9.69 Å². The summed E-state index contributed by atoms with van der Waals surface area (Å²) >= 11 is 15.9. The number of carbonyl (C=O) groups excluding carboxylic acids is 1. The fourth-order valence-electron chi connectivity index (χ4n) is 2.82. The Morgan fingerprint density at radius 2 is 1.58 bits per heavy atom. The van der Waals surface area contributed by atoms with Gasteiger partial charge in [-0.1, -0.05) is 41.4 Å². The summed E-state index contributed by atoms with van der Waals surface area (Å²) in [5.74, 6) is 0.0675. The summed E-state index contributed by atoms with van der Waals surface area (Å²) in [4.78, 5) is 16.8. The molecule has 1 aliphatic rings. The first-order chi connectivity index (χ1) is 11.6. The molecule has 1 aliphatic heterocycles. The van der Waals surface area contributed by atoms with Crippen LogP contribution >= 0.6 is 39.1 Å². The molecule has 0 N–H and O–H groups in total. The van der Waals surface area contributed by atoms with Gasteiger partial charge in [0.25, 0.3) is 5.91 Å². The van der Waals surface area contributed by atoms with Crippen LogP contribution in [0.5, 0.6) is 0 Å². The molecule has 0 unspecified atom stereocenters. The van der Waals surface area contributed by atoms with Crippen LogP contribution in [-0.2, 0) is 6.54 Å². The number of piperazine rings is 1. The number of halogens is 3. The highest BCUT2D eigenvalue weighted by atomic mass is 79.9. The minimum Gasteiger partial charge on any atom is -0.336 e. The fourth-order valence-corrected chi connectivity index (χ4v) is 3.79. The van der Waals surface area contributed by atoms with Crippen molar-refractivity contribution in [2.75, 3.05) is 26.2 Å². The van der Waals surface area contributed by atoms with E-state index in [0.717, 1.165) is 23.1 Å². The highest BCUT2D eigenvalue weighted by Gasteiger charge is 2.24. The Kier molecular flexibility index (Phi) is 5.82. The van der Waals surface area contributed by atoms with Crippen molar-refractivity contribution in [1.29, 1.82) is 0 Å². The van der Waals surface area contributed by atoms with Crippen molar-refractivity contribution < 1.29 is 4.79 Å². The van der Waals surface area contributed by atoms with E-state index in [1.807, 2.05) is 47.4 Å². The van der Waals surface area contributed by atoms with Gasteiger partial charge in [0.15, 0.2) is 0 Å². The molecule has 0 atom stereocenters. The second-order valence-corrected chi connectivity index (χ2v) is 7.42. The standard InChI is InChI=1S/C18H17BrCl2N2O/c19-15-5-2-1-4-13(15)18(24)23-10-8-22(9-11-23)12-14-16(20)6-3-7-17(14)21/h1-7H,8-12H2. The number of carbonyl (C=O) groups is 1. The predicted molar refractivity (Wildman–Crippen MR) is 102 cm³/mol. The van der Waals surface area contributed by atoms with E-state index in [4.69, 9.17) is 23.2 Å². The van der Waals surface area contributed by atoms with Crippen LogP contribution in [0, 0.1) is 0 Å². The van der Waals surface area contributed by atoms with E-state index < -0.39 is 0 Å². The van der Waals surface area contributed by atoms with Crippen molar-refractivity contribution in [3.05, 3.63) is 68.1 Å². The van der Waals surface area contributed by atoms with E-state index in [1.54, 1.807) is 0 Å². The first kappa shape index (κ1) is 17.7. The number of hydrogen-bond donors (Lipinski definition) is 0. The zero-order chi connectivity index (χ0) is 17.1. The molecular weight excluding hydrogens is 411 g/mol. The highest BCUT2D eigenvalue weighted by Crippen LogP contribution is 2.26. The van der Waals surface area contributed by atoms with E-state index in [2.05, 4.69) is 20.8 Å². The lowest BCUT2D eigenvalue weighted by Crippen LogP contribution is -2.48. The Hall–Kier alpha value is -1.07. The Morgan fingerprint density at radius 3 is 2.21 bits per heavy atom. The molecule has 1 heterocycles. The lowest BCUT2D eigenvalue weighted by Gasteiger charge is -2.35. The Morgan fingerprint density at radius 1 is 0.958 bits per heavy atom. The highest BCUT2D eigenvalue weighted by molar-refractivity contribution is 9.10. The van der Waals surface area contributed by atoms with Gasteiger partial charge < -0.3 is 4.90 Å². The summed E-state index contributed by atoms with van der Waals surface area (Å²) < 4.78 is 0.834. The van der Waals surface area contributed by atoms with Crippen LogP contribution in [0.15, 0.2) is 46.9 Å². The normalized spacial score (nSPS) is 15.5. The third kappa shape index (κ3) is 3.94. The molecule has 1 fully saturated rings. The lowest BCUT2D eigenvalue weighted by molar-refractivity contribution is 0.0627. The summed E-state index contributed by atoms with van der Waals surface area (Å²) in [7, 11) is 0. The minimum atomic E-state index is 0.0675. The van der Waals surface area contributed by atoms with E-state index in [-0.39, 0.29) is 5.91 Å². The minimum absolute atomic E-state index is 0.0675. The zero-order valence-corrected chi connectivity index (χ0v) is 16.1. The lowest BCUT2D eigenvalue weighted by atomic mass is 10.1. The maximum Gasteiger partial charge on any atom is 0.255 e. The summed E-state index contributed by atoms with van der Waals surface area (Å²) in [5.41, 5.74) is 1.66. The molecule has 6 heteroatoms. The maximum absolute atomic E-state index is 12.6. The van der Waals surface area contributed by atoms with Gasteiger partial charge in [0.2, 0.25) is 0 Å². The van der Waals surface area contributed by atoms with Gasteiger partial charge in [-0.15, -0.1) is 0 Å². The Bertz CT molecular complexity index is 725. The topological polar surface area (TPSA) is 23.6 Å². The molecule has 126 valence electrons. The molecule has 0 radical (unpaired) electrons. The monoisotopic (exact) mass is 426 g/mol. The average molecular weight is 428 g/mol. The van der Waals surface area contributed by atoms with Crippen LogP contribution < -0.4 is 0 Å². The van der Waals surface area contributed by atoms with Crippen LogP contribution in [0.3, 0.4) is 0 Å². The SMILES string of the molecule is O=C(c1ccccc1Br)N1CCN(Cc2c(Cl)cccc2Cl)CC1. The molecule has 0 spiro atoms. The molecule has 1 saturated heterocycles. The summed E-state index contributed by atoms with van der Waals surface area (Å²) in [6, 6.07) is 13.1. The first-order valence-corrected chi connectivity index (χ1v) is 9.30. The molecule has 2 aromatic rings. The second-order valence-electron chi connectivity index (χ2n) is 5.75. The van der Waals surface area contributed by atoms with Gasteiger partial charge in [0.05, 0.1) is 5.56 Å². The maximum atomic E-state index is 12.6. The molecule has 3 rings (SSSR count). The number of nitrogens with zero attached hydrogens (tertiary/aromatic N) is 2. The molecule has 0 bridgehead atoms. The molecule has 1 amide bonds. The average Bonchev–Trinajstić information content (AvgIpc) is 2.59. The Balaban J connectivity index is 1.62. The first-order valence-electron chi connectivity index (χ1n) is 7.75. The van der Waals surface area contributed by atoms with E-state index in [1.165, 1.54) is 0 Å². The zero-order valence-electron chi connectivity index (χ0n) is 13.0. The molecule has 0 aromatic heterocycles. The predicted octanol–water partition coefficient (Wildman–Crippen LogP) is 4.71. The molecular formula is C18H17BrCl2N2O. The number of amides is 1. The number of rotatable bonds is 3. The molecule has 0 aliphatic carbocycles. The van der Waals surface area contributed by atoms with Gasteiger partial charge in [0.1, 0.15) is 0 Å². The molecule has 3 nitrogen and oxygen atoms in total. The van der Waals surface area contributed by atoms with Crippen LogP contribution in [0.4, 0.5) is 0 Å². The molecule has 0 saturated carbocycles. The van der Waals surface area contributed by atoms with E-state index in [0.29, 0.717) is 35.2 Å². The van der Waals surface area contributed by atoms with Gasteiger partial charge in [-0.2, -0.15) is 0 Å². The Labute approximate surface area is 160 Å². The van der Waals surface area contributed by atoms with Crippen molar-refractivity contribution in [3.8, 4) is 0 Å². The van der Waals surface area contributed by atoms with Crippen molar-refractivity contribution in [2.24, 2.45) is 0 Å². The van der Waals surface area contributed by atoms with Crippen molar-refractivity contribution >= 4 is 45.0 Å². The van der Waals surface area contributed by atoms with Crippen LogP contribution in [0.1, 0.15) is 15.9 Å². The smallest absolute Gasteiger partial charge is 0.255 e. The van der Waals surface area contributed by atoms with Gasteiger partial charge in [-0.05, 0) is 40.2 Å². The van der Waals surface area contributed by atoms with Gasteiger partial charge >= 0.3 is 0 Å². The quantitative estimate of drug-likeness (QED) is 0.707. The van der Waals surface area contributed by atoms with Crippen LogP contribution in [0.2, 0.25) is 10.0 Å². The largest absolute Gasteiger partial charge is 0.336 e. The fraction of sp³-hybridized carbons (Fsp3) is 0.278. The molecule has 24 heavy (non-hydrogen) atoms. The third-order valence-electron chi connectivity index (χ3n) is 4.21. The van der Waals surface area contributed by atoms with E-state index >= 15 is 0 Å². The number of benzene rings is 2. The van der Waals surface area contributed by atoms with Crippen molar-refractivity contribution in [3.63, 3.8) is 0 Å². The van der Waals surface area contributed by atoms with Crippen molar-refractivity contribution in [1.82, 2.24) is 9.80 Å². The van der Waals surface area contributed by atoms with E-state index in [9.17, 15) is 4.79 Å². The second kappa shape index (κ2) is 7.87. The van der Waals surface area contributed by atoms with Crippen LogP contribution in [0.25, 0.3) is 0 Å². The number of hydrogen-bond acceptors (Lipinski definition) is 2. The van der Waals surface area contributed by atoms with Gasteiger partial charge in [-0.25, -0.2) is 0 Å². The van der Waals surface area contributed by atoms with Gasteiger partial charge in [0, 0.05) is 52.8 Å². The summed E-state index contributed by atoms with van der Waals surface area (Å²) in [5, 5.41) is 1.38. The summed E-state index contributed by atoms with van der Waals surface area (Å²) in [6.07, 6.45) is 0. The molecule has 2 aromatic carbocycles. The summed E-state index contributed by atoms with van der Waals surface area (Å²) in [6.45, 7) is 3.70. The third-order valence-corrected chi connectivity index (χ3v) is 5.61. The van der Waals surface area contributed by atoms with Crippen LogP contribution in [-0.4, -0.2) is 41.9 Å². The van der Waals surface area contributed by atoms with Crippen molar-refractivity contribution in [2.45, 2.75) is 6.54 Å².